The van der Waals surface area contributed by atoms with E-state index in [2.05, 4.69) is 53.9 Å². The van der Waals surface area contributed by atoms with Gasteiger partial charge in [0, 0.05) is 5.33 Å². The number of unbranched alkanes of at least 4 members (excludes halogenated alkanes) is 2. The number of halogens is 3. The molecule has 0 unspecified atom stereocenters. The van der Waals surface area contributed by atoms with Crippen LogP contribution in [0.2, 0.25) is 0 Å². The van der Waals surface area contributed by atoms with Crippen LogP contribution in [0.25, 0.3) is 0 Å². The van der Waals surface area contributed by atoms with Crippen molar-refractivity contribution < 1.29 is 0 Å². The molecule has 4 heteroatoms. The van der Waals surface area contributed by atoms with Gasteiger partial charge < -0.3 is 0 Å². The monoisotopic (exact) mass is 388 g/mol. The Morgan fingerprint density at radius 3 is 2.46 bits per heavy atom. The highest BCUT2D eigenvalue weighted by molar-refractivity contribution is 9.12. The van der Waals surface area contributed by atoms with Gasteiger partial charge in [0.05, 0.1) is 7.57 Å². The molecular formula is C9H11Br3S. The second-order valence-corrected chi connectivity index (χ2v) is 7.39. The van der Waals surface area contributed by atoms with Gasteiger partial charge in [-0.05, 0) is 62.8 Å². The summed E-state index contributed by atoms with van der Waals surface area (Å²) >= 11 is 12.2. The molecule has 0 aliphatic rings. The summed E-state index contributed by atoms with van der Waals surface area (Å²) < 4.78 is 2.49. The molecule has 0 fully saturated rings. The Morgan fingerprint density at radius 1 is 1.15 bits per heavy atom. The molecule has 0 amide bonds. The molecule has 1 rings (SSSR count). The summed E-state index contributed by atoms with van der Waals surface area (Å²) in [6.45, 7) is 0. The minimum Gasteiger partial charge on any atom is -0.121 e. The van der Waals surface area contributed by atoms with Gasteiger partial charge in [0.15, 0.2) is 0 Å². The van der Waals surface area contributed by atoms with Crippen LogP contribution >= 0.6 is 59.1 Å². The van der Waals surface area contributed by atoms with Gasteiger partial charge in [-0.15, -0.1) is 11.3 Å². The molecule has 0 saturated carbocycles. The molecule has 74 valence electrons. The van der Waals surface area contributed by atoms with Gasteiger partial charge in [-0.2, -0.15) is 0 Å². The van der Waals surface area contributed by atoms with Crippen LogP contribution in [-0.4, -0.2) is 5.33 Å². The Bertz CT molecular complexity index is 257. The Morgan fingerprint density at radius 2 is 1.92 bits per heavy atom. The van der Waals surface area contributed by atoms with Gasteiger partial charge in [-0.25, -0.2) is 0 Å². The van der Waals surface area contributed by atoms with Gasteiger partial charge in [0.2, 0.25) is 0 Å². The summed E-state index contributed by atoms with van der Waals surface area (Å²) in [6.07, 6.45) is 5.07. The van der Waals surface area contributed by atoms with Crippen molar-refractivity contribution in [2.45, 2.75) is 25.7 Å². The second kappa shape index (κ2) is 6.59. The SMILES string of the molecule is BrCCCCCc1cc(Br)sc1Br. The van der Waals surface area contributed by atoms with E-state index in [1.165, 1.54) is 38.8 Å². The van der Waals surface area contributed by atoms with E-state index in [1.54, 1.807) is 11.3 Å². The topological polar surface area (TPSA) is 0 Å². The van der Waals surface area contributed by atoms with Crippen molar-refractivity contribution in [2.75, 3.05) is 5.33 Å². The predicted molar refractivity (Wildman–Crippen MR) is 71.1 cm³/mol. The Kier molecular flexibility index (Phi) is 6.19. The van der Waals surface area contributed by atoms with Gasteiger partial charge in [0.1, 0.15) is 0 Å². The molecule has 0 nitrogen and oxygen atoms in total. The van der Waals surface area contributed by atoms with Crippen molar-refractivity contribution >= 4 is 59.1 Å². The zero-order chi connectivity index (χ0) is 9.68. The third-order valence-electron chi connectivity index (χ3n) is 1.81. The highest BCUT2D eigenvalue weighted by Crippen LogP contribution is 2.32. The van der Waals surface area contributed by atoms with Gasteiger partial charge in [-0.1, -0.05) is 22.4 Å². The number of hydrogen-bond donors (Lipinski definition) is 0. The van der Waals surface area contributed by atoms with Crippen molar-refractivity contribution in [3.8, 4) is 0 Å². The number of alkyl halides is 1. The standard InChI is InChI=1S/C9H11Br3S/c10-5-3-1-2-4-7-6-8(11)13-9(7)12/h6H,1-5H2. The summed E-state index contributed by atoms with van der Waals surface area (Å²) in [6, 6.07) is 2.21. The molecule has 0 atom stereocenters. The lowest BCUT2D eigenvalue weighted by molar-refractivity contribution is 0.724. The van der Waals surface area contributed by atoms with Crippen LogP contribution in [0.5, 0.6) is 0 Å². The van der Waals surface area contributed by atoms with Crippen LogP contribution in [0.1, 0.15) is 24.8 Å². The average Bonchev–Trinajstić information content (AvgIpc) is 2.39. The first-order chi connectivity index (χ1) is 6.24. The van der Waals surface area contributed by atoms with Crippen LogP contribution in [0.3, 0.4) is 0 Å². The van der Waals surface area contributed by atoms with Crippen molar-refractivity contribution in [3.05, 3.63) is 19.2 Å². The van der Waals surface area contributed by atoms with Crippen LogP contribution in [0, 0.1) is 0 Å². The molecule has 0 radical (unpaired) electrons. The predicted octanol–water partition coefficient (Wildman–Crippen LogP) is 5.38. The maximum atomic E-state index is 3.57. The largest absolute Gasteiger partial charge is 0.121 e. The summed E-state index contributed by atoms with van der Waals surface area (Å²) in [7, 11) is 0. The van der Waals surface area contributed by atoms with Crippen molar-refractivity contribution in [1.82, 2.24) is 0 Å². The first-order valence-corrected chi connectivity index (χ1v) is 7.76. The van der Waals surface area contributed by atoms with E-state index in [-0.39, 0.29) is 0 Å². The normalized spacial score (nSPS) is 10.7. The molecule has 0 N–H and O–H groups in total. The zero-order valence-corrected chi connectivity index (χ0v) is 12.7. The lowest BCUT2D eigenvalue weighted by Gasteiger charge is -1.97. The maximum Gasteiger partial charge on any atom is 0.0742 e. The first kappa shape index (κ1) is 12.2. The van der Waals surface area contributed by atoms with E-state index in [9.17, 15) is 0 Å². The molecule has 0 aliphatic heterocycles. The van der Waals surface area contributed by atoms with Crippen LogP contribution in [0.4, 0.5) is 0 Å². The quantitative estimate of drug-likeness (QED) is 0.467. The first-order valence-electron chi connectivity index (χ1n) is 4.23. The molecule has 1 aromatic rings. The van der Waals surface area contributed by atoms with Gasteiger partial charge in [0.25, 0.3) is 0 Å². The molecule has 0 saturated heterocycles. The van der Waals surface area contributed by atoms with Crippen LogP contribution < -0.4 is 0 Å². The number of thiophene rings is 1. The zero-order valence-electron chi connectivity index (χ0n) is 7.16. The fraction of sp³-hybridized carbons (Fsp3) is 0.556. The van der Waals surface area contributed by atoms with Crippen LogP contribution in [0.15, 0.2) is 13.6 Å². The average molecular weight is 391 g/mol. The fourth-order valence-electron chi connectivity index (χ4n) is 1.13. The van der Waals surface area contributed by atoms with E-state index in [0.717, 1.165) is 5.33 Å². The molecule has 0 spiro atoms. The summed E-state index contributed by atoms with van der Waals surface area (Å²) in [5.41, 5.74) is 1.44. The Balaban J connectivity index is 2.32. The van der Waals surface area contributed by atoms with Gasteiger partial charge in [-0.3, -0.25) is 0 Å². The molecule has 0 bridgehead atoms. The summed E-state index contributed by atoms with van der Waals surface area (Å²) in [5.74, 6) is 0. The lowest BCUT2D eigenvalue weighted by Crippen LogP contribution is -1.84. The third-order valence-corrected chi connectivity index (χ3v) is 4.83. The molecule has 1 heterocycles. The number of hydrogen-bond acceptors (Lipinski definition) is 1. The Hall–Kier alpha value is 1.14. The molecule has 0 aromatic carbocycles. The summed E-state index contributed by atoms with van der Waals surface area (Å²) in [5, 5.41) is 1.13. The molecule has 0 aliphatic carbocycles. The minimum absolute atomic E-state index is 1.13. The highest BCUT2D eigenvalue weighted by Gasteiger charge is 2.03. The molecule has 13 heavy (non-hydrogen) atoms. The van der Waals surface area contributed by atoms with E-state index in [4.69, 9.17) is 0 Å². The van der Waals surface area contributed by atoms with Gasteiger partial charge >= 0.3 is 0 Å². The number of aryl methyl sites for hydroxylation is 1. The fourth-order valence-corrected chi connectivity index (χ4v) is 4.44. The molecule has 1 aromatic heterocycles. The second-order valence-electron chi connectivity index (χ2n) is 2.85. The molecular weight excluding hydrogens is 380 g/mol. The van der Waals surface area contributed by atoms with Crippen LogP contribution in [-0.2, 0) is 6.42 Å². The van der Waals surface area contributed by atoms with E-state index < -0.39 is 0 Å². The summed E-state index contributed by atoms with van der Waals surface area (Å²) in [4.78, 5) is 0. The smallest absolute Gasteiger partial charge is 0.0742 e. The Labute approximate surface area is 108 Å². The van der Waals surface area contributed by atoms with E-state index >= 15 is 0 Å². The van der Waals surface area contributed by atoms with E-state index in [1.807, 2.05) is 0 Å². The van der Waals surface area contributed by atoms with Crippen molar-refractivity contribution in [2.24, 2.45) is 0 Å². The highest BCUT2D eigenvalue weighted by atomic mass is 79.9. The van der Waals surface area contributed by atoms with E-state index in [0.29, 0.717) is 0 Å². The van der Waals surface area contributed by atoms with Crippen molar-refractivity contribution in [3.63, 3.8) is 0 Å². The minimum atomic E-state index is 1.13. The third kappa shape index (κ3) is 4.45. The van der Waals surface area contributed by atoms with Crippen molar-refractivity contribution in [1.29, 1.82) is 0 Å². The lowest BCUT2D eigenvalue weighted by atomic mass is 10.1. The number of rotatable bonds is 5. The maximum absolute atomic E-state index is 3.57.